The molecule has 5 heteroatoms. The first-order valence-corrected chi connectivity index (χ1v) is 5.87. The molecule has 2 N–H and O–H groups in total. The van der Waals surface area contributed by atoms with Crippen molar-refractivity contribution >= 4 is 23.5 Å². The maximum Gasteiger partial charge on any atom is 0.310 e. The van der Waals surface area contributed by atoms with Crippen LogP contribution in [0.2, 0.25) is 0 Å². The van der Waals surface area contributed by atoms with Crippen molar-refractivity contribution in [2.45, 2.75) is 17.7 Å². The van der Waals surface area contributed by atoms with Crippen molar-refractivity contribution in [3.63, 3.8) is 0 Å². The van der Waals surface area contributed by atoms with E-state index < -0.39 is 11.7 Å². The van der Waals surface area contributed by atoms with Crippen LogP contribution >= 0.6 is 11.8 Å². The highest BCUT2D eigenvalue weighted by molar-refractivity contribution is 7.99. The molecular formula is C11H13NO3S. The lowest BCUT2D eigenvalue weighted by Crippen LogP contribution is -2.27. The SMILES string of the molecule is O=C(CCCSc1ccccc1)C(=O)NO. The Morgan fingerprint density at radius 3 is 2.56 bits per heavy atom. The molecule has 1 amide bonds. The van der Waals surface area contributed by atoms with Gasteiger partial charge in [-0.1, -0.05) is 18.2 Å². The molecule has 0 saturated carbocycles. The number of Topliss-reactive ketones (excluding diaryl/α,β-unsaturated/α-hetero) is 1. The topological polar surface area (TPSA) is 66.4 Å². The molecule has 0 radical (unpaired) electrons. The zero-order valence-electron chi connectivity index (χ0n) is 8.68. The van der Waals surface area contributed by atoms with E-state index in [2.05, 4.69) is 0 Å². The second kappa shape index (κ2) is 7.03. The lowest BCUT2D eigenvalue weighted by atomic mass is 10.2. The van der Waals surface area contributed by atoms with Gasteiger partial charge in [0.2, 0.25) is 5.78 Å². The minimum Gasteiger partial charge on any atom is -0.289 e. The monoisotopic (exact) mass is 239 g/mol. The average molecular weight is 239 g/mol. The predicted molar refractivity (Wildman–Crippen MR) is 61.3 cm³/mol. The highest BCUT2D eigenvalue weighted by atomic mass is 32.2. The van der Waals surface area contributed by atoms with Crippen molar-refractivity contribution in [2.24, 2.45) is 0 Å². The van der Waals surface area contributed by atoms with E-state index in [1.807, 2.05) is 30.3 Å². The number of rotatable bonds is 6. The van der Waals surface area contributed by atoms with E-state index in [1.54, 1.807) is 11.8 Å². The van der Waals surface area contributed by atoms with Crippen molar-refractivity contribution in [2.75, 3.05) is 5.75 Å². The summed E-state index contributed by atoms with van der Waals surface area (Å²) in [6.07, 6.45) is 0.776. The summed E-state index contributed by atoms with van der Waals surface area (Å²) < 4.78 is 0. The molecule has 0 saturated heterocycles. The number of carbonyl (C=O) groups excluding carboxylic acids is 2. The average Bonchev–Trinajstić information content (AvgIpc) is 2.34. The number of ketones is 1. The summed E-state index contributed by atoms with van der Waals surface area (Å²) in [6, 6.07) is 9.83. The van der Waals surface area contributed by atoms with Crippen LogP contribution in [0, 0.1) is 0 Å². The van der Waals surface area contributed by atoms with E-state index in [4.69, 9.17) is 5.21 Å². The summed E-state index contributed by atoms with van der Waals surface area (Å²) in [4.78, 5) is 22.8. The third-order valence-electron chi connectivity index (χ3n) is 1.91. The van der Waals surface area contributed by atoms with Crippen molar-refractivity contribution < 1.29 is 14.8 Å². The lowest BCUT2D eigenvalue weighted by molar-refractivity contribution is -0.143. The first-order valence-electron chi connectivity index (χ1n) is 4.89. The second-order valence-corrected chi connectivity index (χ2v) is 4.30. The molecule has 0 aromatic heterocycles. The summed E-state index contributed by atoms with van der Waals surface area (Å²) in [5.41, 5.74) is 1.33. The molecule has 0 fully saturated rings. The van der Waals surface area contributed by atoms with Gasteiger partial charge in [0.1, 0.15) is 0 Å². The molecule has 1 aromatic rings. The Kier molecular flexibility index (Phi) is 5.60. The van der Waals surface area contributed by atoms with Gasteiger partial charge in [-0.05, 0) is 24.3 Å². The van der Waals surface area contributed by atoms with Crippen molar-refractivity contribution in [1.82, 2.24) is 5.48 Å². The number of carbonyl (C=O) groups is 2. The van der Waals surface area contributed by atoms with Crippen LogP contribution < -0.4 is 5.48 Å². The largest absolute Gasteiger partial charge is 0.310 e. The molecule has 0 spiro atoms. The maximum atomic E-state index is 11.0. The molecule has 4 nitrogen and oxygen atoms in total. The Hall–Kier alpha value is -1.33. The van der Waals surface area contributed by atoms with Crippen LogP contribution in [0.5, 0.6) is 0 Å². The van der Waals surface area contributed by atoms with Gasteiger partial charge >= 0.3 is 5.91 Å². The lowest BCUT2D eigenvalue weighted by Gasteiger charge is -2.00. The zero-order chi connectivity index (χ0) is 11.8. The van der Waals surface area contributed by atoms with Crippen LogP contribution in [-0.4, -0.2) is 22.7 Å². The smallest absolute Gasteiger partial charge is 0.289 e. The van der Waals surface area contributed by atoms with Crippen LogP contribution in [-0.2, 0) is 9.59 Å². The van der Waals surface area contributed by atoms with Gasteiger partial charge in [0, 0.05) is 11.3 Å². The van der Waals surface area contributed by atoms with Crippen LogP contribution in [0.3, 0.4) is 0 Å². The number of hydrogen-bond donors (Lipinski definition) is 2. The highest BCUT2D eigenvalue weighted by Gasteiger charge is 2.11. The molecule has 1 aromatic carbocycles. The number of benzene rings is 1. The fraction of sp³-hybridized carbons (Fsp3) is 0.273. The van der Waals surface area contributed by atoms with Crippen molar-refractivity contribution in [3.05, 3.63) is 30.3 Å². The Morgan fingerprint density at radius 2 is 1.94 bits per heavy atom. The van der Waals surface area contributed by atoms with Gasteiger partial charge < -0.3 is 0 Å². The van der Waals surface area contributed by atoms with Crippen LogP contribution in [0.25, 0.3) is 0 Å². The molecule has 0 aliphatic carbocycles. The fourth-order valence-corrected chi connectivity index (χ4v) is 1.99. The molecular weight excluding hydrogens is 226 g/mol. The van der Waals surface area contributed by atoms with Crippen LogP contribution in [0.4, 0.5) is 0 Å². The highest BCUT2D eigenvalue weighted by Crippen LogP contribution is 2.18. The Morgan fingerprint density at radius 1 is 1.25 bits per heavy atom. The van der Waals surface area contributed by atoms with Crippen molar-refractivity contribution in [1.29, 1.82) is 0 Å². The molecule has 0 atom stereocenters. The molecule has 0 aliphatic heterocycles. The Labute approximate surface area is 98.0 Å². The van der Waals surface area contributed by atoms with Gasteiger partial charge in [-0.25, -0.2) is 5.48 Å². The number of thioether (sulfide) groups is 1. The number of amides is 1. The van der Waals surface area contributed by atoms with E-state index in [0.29, 0.717) is 6.42 Å². The summed E-state index contributed by atoms with van der Waals surface area (Å²) in [7, 11) is 0. The number of hydroxylamine groups is 1. The van der Waals surface area contributed by atoms with E-state index in [1.165, 1.54) is 5.48 Å². The third-order valence-corrected chi connectivity index (χ3v) is 3.01. The normalized spacial score (nSPS) is 9.81. The minimum absolute atomic E-state index is 0.159. The van der Waals surface area contributed by atoms with Crippen molar-refractivity contribution in [3.8, 4) is 0 Å². The van der Waals surface area contributed by atoms with E-state index in [9.17, 15) is 9.59 Å². The van der Waals surface area contributed by atoms with Gasteiger partial charge in [-0.2, -0.15) is 0 Å². The number of hydrogen-bond acceptors (Lipinski definition) is 4. The van der Waals surface area contributed by atoms with Gasteiger partial charge in [0.15, 0.2) is 0 Å². The zero-order valence-corrected chi connectivity index (χ0v) is 9.50. The summed E-state index contributed by atoms with van der Waals surface area (Å²) in [5, 5.41) is 8.21. The molecule has 0 bridgehead atoms. The molecule has 1 rings (SSSR count). The quantitative estimate of drug-likeness (QED) is 0.260. The minimum atomic E-state index is -0.940. The first kappa shape index (κ1) is 12.7. The molecule has 0 heterocycles. The van der Waals surface area contributed by atoms with E-state index >= 15 is 0 Å². The Balaban J connectivity index is 2.17. The summed E-state index contributed by atoms with van der Waals surface area (Å²) in [6.45, 7) is 0. The van der Waals surface area contributed by atoms with Crippen LogP contribution in [0.1, 0.15) is 12.8 Å². The standard InChI is InChI=1S/C11H13NO3S/c13-10(11(14)12-15)7-4-8-16-9-5-2-1-3-6-9/h1-3,5-6,15H,4,7-8H2,(H,12,14). The molecule has 0 aliphatic rings. The van der Waals surface area contributed by atoms with E-state index in [0.717, 1.165) is 10.6 Å². The maximum absolute atomic E-state index is 11.0. The number of nitrogens with one attached hydrogen (secondary N) is 1. The second-order valence-electron chi connectivity index (χ2n) is 3.13. The van der Waals surface area contributed by atoms with Gasteiger partial charge in [0.25, 0.3) is 0 Å². The van der Waals surface area contributed by atoms with Gasteiger partial charge in [-0.15, -0.1) is 11.8 Å². The van der Waals surface area contributed by atoms with Crippen LogP contribution in [0.15, 0.2) is 35.2 Å². The summed E-state index contributed by atoms with van der Waals surface area (Å²) in [5.74, 6) is -0.755. The van der Waals surface area contributed by atoms with E-state index in [-0.39, 0.29) is 6.42 Å². The molecule has 86 valence electrons. The summed E-state index contributed by atoms with van der Waals surface area (Å²) >= 11 is 1.64. The first-order chi connectivity index (χ1) is 7.74. The molecule has 16 heavy (non-hydrogen) atoms. The Bertz CT molecular complexity index is 354. The van der Waals surface area contributed by atoms with Gasteiger partial charge in [0.05, 0.1) is 0 Å². The molecule has 0 unspecified atom stereocenters. The fourth-order valence-electron chi connectivity index (χ4n) is 1.12. The van der Waals surface area contributed by atoms with Gasteiger partial charge in [-0.3, -0.25) is 14.8 Å². The predicted octanol–water partition coefficient (Wildman–Crippen LogP) is 1.63. The third kappa shape index (κ3) is 4.46.